The average Bonchev–Trinajstić information content (AvgIpc) is 2.80. The van der Waals surface area contributed by atoms with E-state index in [2.05, 4.69) is 5.32 Å². The van der Waals surface area contributed by atoms with E-state index < -0.39 is 34.7 Å². The third kappa shape index (κ3) is 9.41. The number of nitro benzene ring substituents is 1. The number of nitro groups is 1. The predicted octanol–water partition coefficient (Wildman–Crippen LogP) is 4.21. The summed E-state index contributed by atoms with van der Waals surface area (Å²) in [7, 11) is 0. The fraction of sp³-hybridized carbons (Fsp3) is 0.375. The second kappa shape index (κ2) is 12.5. The molecule has 0 unspecified atom stereocenters. The molecule has 11 heteroatoms. The number of nitrogens with two attached hydrogens (primary N) is 1. The van der Waals surface area contributed by atoms with Crippen LogP contribution in [0.4, 0.5) is 21.0 Å². The number of hydrogen-bond acceptors (Lipinski definition) is 8. The third-order valence-electron chi connectivity index (χ3n) is 4.62. The summed E-state index contributed by atoms with van der Waals surface area (Å²) in [5.74, 6) is -0.505. The Labute approximate surface area is 203 Å². The Hall–Kier alpha value is -3.99. The molecule has 11 nitrogen and oxygen atoms in total. The standard InChI is InChI=1S/C24H30N4O7/c1-24(2,3)35-23(31)27(22(30)34-16-17-8-5-4-6-9-17)15-7-10-20(25)21(29)26-18-11-13-19(14-12-18)28(32)33/h4-6,8-9,11-14,20H,7,10,15-16,25H2,1-3H3,(H,26,29)/t20-/m0/s1. The van der Waals surface area contributed by atoms with Crippen molar-refractivity contribution in [2.45, 2.75) is 51.9 Å². The van der Waals surface area contributed by atoms with Gasteiger partial charge < -0.3 is 20.5 Å². The van der Waals surface area contributed by atoms with E-state index in [1.54, 1.807) is 45.0 Å². The number of amides is 3. The van der Waals surface area contributed by atoms with E-state index in [0.29, 0.717) is 5.69 Å². The van der Waals surface area contributed by atoms with Gasteiger partial charge in [0.15, 0.2) is 0 Å². The molecule has 0 saturated heterocycles. The SMILES string of the molecule is CC(C)(C)OC(=O)N(CCC[C@H](N)C(=O)Nc1ccc([N+](=O)[O-])cc1)C(=O)OCc1ccccc1. The van der Waals surface area contributed by atoms with Gasteiger partial charge in [0.2, 0.25) is 5.91 Å². The van der Waals surface area contributed by atoms with E-state index in [-0.39, 0.29) is 31.7 Å². The van der Waals surface area contributed by atoms with Crippen LogP contribution in [0.25, 0.3) is 0 Å². The van der Waals surface area contributed by atoms with E-state index in [1.165, 1.54) is 24.3 Å². The Bertz CT molecular complexity index is 1020. The number of carbonyl (C=O) groups is 3. The van der Waals surface area contributed by atoms with Crippen LogP contribution >= 0.6 is 0 Å². The van der Waals surface area contributed by atoms with E-state index in [0.717, 1.165) is 10.5 Å². The first-order valence-electron chi connectivity index (χ1n) is 11.0. The van der Waals surface area contributed by atoms with Crippen molar-refractivity contribution < 1.29 is 28.8 Å². The number of hydrogen-bond donors (Lipinski definition) is 2. The van der Waals surface area contributed by atoms with Crippen LogP contribution in [-0.2, 0) is 20.9 Å². The lowest BCUT2D eigenvalue weighted by molar-refractivity contribution is -0.384. The van der Waals surface area contributed by atoms with Crippen molar-refractivity contribution in [3.8, 4) is 0 Å². The lowest BCUT2D eigenvalue weighted by Crippen LogP contribution is -2.42. The van der Waals surface area contributed by atoms with Gasteiger partial charge >= 0.3 is 12.2 Å². The predicted molar refractivity (Wildman–Crippen MR) is 129 cm³/mol. The topological polar surface area (TPSA) is 154 Å². The minimum atomic E-state index is -0.939. The number of imide groups is 1. The monoisotopic (exact) mass is 486 g/mol. The van der Waals surface area contributed by atoms with Crippen LogP contribution in [-0.4, -0.2) is 46.1 Å². The fourth-order valence-electron chi connectivity index (χ4n) is 2.87. The molecular formula is C24H30N4O7. The Morgan fingerprint density at radius 3 is 2.26 bits per heavy atom. The number of non-ortho nitro benzene ring substituents is 1. The molecule has 3 amide bonds. The minimum Gasteiger partial charge on any atom is -0.444 e. The smallest absolute Gasteiger partial charge is 0.419 e. The van der Waals surface area contributed by atoms with Crippen LogP contribution in [0.3, 0.4) is 0 Å². The van der Waals surface area contributed by atoms with Gasteiger partial charge in [-0.05, 0) is 51.3 Å². The van der Waals surface area contributed by atoms with Gasteiger partial charge in [-0.3, -0.25) is 14.9 Å². The summed E-state index contributed by atoms with van der Waals surface area (Å²) in [6.45, 7) is 4.95. The minimum absolute atomic E-state index is 0.0177. The van der Waals surface area contributed by atoms with E-state index >= 15 is 0 Å². The summed E-state index contributed by atoms with van der Waals surface area (Å²) >= 11 is 0. The first kappa shape index (κ1) is 27.3. The van der Waals surface area contributed by atoms with Crippen LogP contribution < -0.4 is 11.1 Å². The van der Waals surface area contributed by atoms with Crippen molar-refractivity contribution in [3.63, 3.8) is 0 Å². The van der Waals surface area contributed by atoms with Gasteiger partial charge in [-0.25, -0.2) is 14.5 Å². The average molecular weight is 487 g/mol. The molecule has 0 radical (unpaired) electrons. The van der Waals surface area contributed by atoms with Crippen molar-refractivity contribution in [2.75, 3.05) is 11.9 Å². The molecular weight excluding hydrogens is 456 g/mol. The van der Waals surface area contributed by atoms with Crippen LogP contribution in [0.2, 0.25) is 0 Å². The van der Waals surface area contributed by atoms with Gasteiger partial charge in [0.25, 0.3) is 5.69 Å². The Balaban J connectivity index is 1.93. The highest BCUT2D eigenvalue weighted by atomic mass is 16.6. The molecule has 2 aromatic carbocycles. The van der Waals surface area contributed by atoms with Crippen molar-refractivity contribution >= 4 is 29.5 Å². The van der Waals surface area contributed by atoms with Crippen LogP contribution in [0.5, 0.6) is 0 Å². The van der Waals surface area contributed by atoms with Crippen LogP contribution in [0.15, 0.2) is 54.6 Å². The molecule has 0 aromatic heterocycles. The number of anilines is 1. The molecule has 188 valence electrons. The van der Waals surface area contributed by atoms with E-state index in [9.17, 15) is 24.5 Å². The first-order chi connectivity index (χ1) is 16.5. The Morgan fingerprint density at radius 1 is 1.06 bits per heavy atom. The van der Waals surface area contributed by atoms with Gasteiger partial charge in [-0.1, -0.05) is 30.3 Å². The third-order valence-corrected chi connectivity index (χ3v) is 4.62. The molecule has 0 aliphatic carbocycles. The number of carbonyl (C=O) groups excluding carboxylic acids is 3. The molecule has 3 N–H and O–H groups in total. The summed E-state index contributed by atoms with van der Waals surface area (Å²) in [6, 6.07) is 13.4. The number of rotatable bonds is 9. The zero-order chi connectivity index (χ0) is 26.0. The summed E-state index contributed by atoms with van der Waals surface area (Å²) in [5.41, 5.74) is 6.14. The van der Waals surface area contributed by atoms with Gasteiger partial charge in [-0.15, -0.1) is 0 Å². The summed E-state index contributed by atoms with van der Waals surface area (Å²) in [6.07, 6.45) is -1.36. The highest BCUT2D eigenvalue weighted by Gasteiger charge is 2.28. The fourth-order valence-corrected chi connectivity index (χ4v) is 2.87. The number of nitrogens with one attached hydrogen (secondary N) is 1. The molecule has 0 spiro atoms. The molecule has 2 rings (SSSR count). The summed E-state index contributed by atoms with van der Waals surface area (Å²) in [4.78, 5) is 48.6. The van der Waals surface area contributed by atoms with E-state index in [4.69, 9.17) is 15.2 Å². The molecule has 0 heterocycles. The lowest BCUT2D eigenvalue weighted by Gasteiger charge is -2.26. The van der Waals surface area contributed by atoms with Crippen molar-refractivity contribution in [3.05, 3.63) is 70.3 Å². The van der Waals surface area contributed by atoms with Gasteiger partial charge in [0, 0.05) is 24.4 Å². The Morgan fingerprint density at radius 2 is 1.69 bits per heavy atom. The zero-order valence-electron chi connectivity index (χ0n) is 19.9. The van der Waals surface area contributed by atoms with Crippen molar-refractivity contribution in [1.29, 1.82) is 0 Å². The van der Waals surface area contributed by atoms with Crippen LogP contribution in [0.1, 0.15) is 39.2 Å². The quantitative estimate of drug-likeness (QED) is 0.394. The second-order valence-corrected chi connectivity index (χ2v) is 8.71. The Kier molecular flexibility index (Phi) is 9.71. The lowest BCUT2D eigenvalue weighted by atomic mass is 10.1. The largest absolute Gasteiger partial charge is 0.444 e. The van der Waals surface area contributed by atoms with Gasteiger partial charge in [0.05, 0.1) is 11.0 Å². The number of benzene rings is 2. The van der Waals surface area contributed by atoms with Crippen molar-refractivity contribution in [2.24, 2.45) is 5.73 Å². The number of ether oxygens (including phenoxy) is 2. The van der Waals surface area contributed by atoms with Gasteiger partial charge in [-0.2, -0.15) is 0 Å². The van der Waals surface area contributed by atoms with Crippen molar-refractivity contribution in [1.82, 2.24) is 4.90 Å². The highest BCUT2D eigenvalue weighted by molar-refractivity contribution is 5.94. The maximum atomic E-state index is 12.6. The summed E-state index contributed by atoms with van der Waals surface area (Å²) in [5, 5.41) is 13.3. The maximum Gasteiger partial charge on any atom is 0.419 e. The molecule has 0 saturated carbocycles. The first-order valence-corrected chi connectivity index (χ1v) is 11.0. The zero-order valence-corrected chi connectivity index (χ0v) is 19.9. The molecule has 1 atom stereocenters. The molecule has 0 aliphatic rings. The second-order valence-electron chi connectivity index (χ2n) is 8.71. The summed E-state index contributed by atoms with van der Waals surface area (Å²) < 4.78 is 10.6. The molecule has 0 bridgehead atoms. The number of nitrogens with zero attached hydrogens (tertiary/aromatic N) is 2. The van der Waals surface area contributed by atoms with Gasteiger partial charge in [0.1, 0.15) is 12.2 Å². The highest BCUT2D eigenvalue weighted by Crippen LogP contribution is 2.16. The van der Waals surface area contributed by atoms with E-state index in [1.807, 2.05) is 6.07 Å². The normalized spacial score (nSPS) is 11.8. The molecule has 0 aliphatic heterocycles. The molecule has 0 fully saturated rings. The maximum absolute atomic E-state index is 12.6. The molecule has 2 aromatic rings. The molecule has 35 heavy (non-hydrogen) atoms. The van der Waals surface area contributed by atoms with Crippen LogP contribution in [0, 0.1) is 10.1 Å².